The van der Waals surface area contributed by atoms with Crippen molar-refractivity contribution in [1.29, 1.82) is 0 Å². The SMILES string of the molecule is CC(=O)N1Cc2[nH]nc(NC(=O)Cc3ccc4ccccc4c3)c2C1. The lowest BCUT2D eigenvalue weighted by Crippen LogP contribution is -2.23. The first kappa shape index (κ1) is 15.4. The van der Waals surface area contributed by atoms with Gasteiger partial charge < -0.3 is 10.2 Å². The fourth-order valence-corrected chi connectivity index (χ4v) is 3.18. The quantitative estimate of drug-likeness (QED) is 0.773. The van der Waals surface area contributed by atoms with Crippen molar-refractivity contribution in [1.82, 2.24) is 15.1 Å². The predicted molar refractivity (Wildman–Crippen MR) is 94.8 cm³/mol. The zero-order valence-electron chi connectivity index (χ0n) is 13.9. The monoisotopic (exact) mass is 334 g/mol. The van der Waals surface area contributed by atoms with E-state index in [-0.39, 0.29) is 18.2 Å². The fraction of sp³-hybridized carbons (Fsp3) is 0.211. The maximum atomic E-state index is 12.4. The Morgan fingerprint density at radius 1 is 1.16 bits per heavy atom. The molecule has 2 N–H and O–H groups in total. The molecule has 6 nitrogen and oxygen atoms in total. The van der Waals surface area contributed by atoms with Crippen LogP contribution in [0.4, 0.5) is 5.82 Å². The molecule has 2 aromatic carbocycles. The van der Waals surface area contributed by atoms with Crippen LogP contribution < -0.4 is 5.32 Å². The molecule has 0 atom stereocenters. The molecule has 2 heterocycles. The van der Waals surface area contributed by atoms with E-state index in [2.05, 4.69) is 15.5 Å². The molecule has 25 heavy (non-hydrogen) atoms. The van der Waals surface area contributed by atoms with E-state index in [1.807, 2.05) is 42.5 Å². The molecule has 1 aromatic heterocycles. The summed E-state index contributed by atoms with van der Waals surface area (Å²) in [6.45, 7) is 2.53. The Hall–Kier alpha value is -3.15. The maximum absolute atomic E-state index is 12.4. The van der Waals surface area contributed by atoms with Gasteiger partial charge in [-0.25, -0.2) is 0 Å². The average Bonchev–Trinajstić information content (AvgIpc) is 3.17. The number of rotatable bonds is 3. The van der Waals surface area contributed by atoms with Crippen molar-refractivity contribution < 1.29 is 9.59 Å². The summed E-state index contributed by atoms with van der Waals surface area (Å²) in [4.78, 5) is 25.6. The number of aromatic amines is 1. The number of hydrogen-bond donors (Lipinski definition) is 2. The normalized spacial score (nSPS) is 13.1. The van der Waals surface area contributed by atoms with E-state index in [0.29, 0.717) is 18.9 Å². The van der Waals surface area contributed by atoms with Gasteiger partial charge in [-0.1, -0.05) is 42.5 Å². The Morgan fingerprint density at radius 3 is 2.76 bits per heavy atom. The Bertz CT molecular complexity index is 976. The van der Waals surface area contributed by atoms with Crippen molar-refractivity contribution in [2.75, 3.05) is 5.32 Å². The van der Waals surface area contributed by atoms with Gasteiger partial charge in [-0.05, 0) is 16.3 Å². The number of fused-ring (bicyclic) bond motifs is 2. The van der Waals surface area contributed by atoms with Gasteiger partial charge in [0, 0.05) is 12.5 Å². The second-order valence-corrected chi connectivity index (χ2v) is 6.31. The first-order valence-corrected chi connectivity index (χ1v) is 8.19. The van der Waals surface area contributed by atoms with E-state index < -0.39 is 0 Å². The number of aromatic nitrogens is 2. The van der Waals surface area contributed by atoms with Gasteiger partial charge in [0.2, 0.25) is 11.8 Å². The number of nitrogens with zero attached hydrogens (tertiary/aromatic N) is 2. The second kappa shape index (κ2) is 6.05. The third-order valence-electron chi connectivity index (χ3n) is 4.53. The molecule has 0 spiro atoms. The number of H-pyrrole nitrogens is 1. The molecule has 1 aliphatic heterocycles. The molecule has 3 aromatic rings. The van der Waals surface area contributed by atoms with Crippen molar-refractivity contribution in [2.45, 2.75) is 26.4 Å². The van der Waals surface area contributed by atoms with Crippen LogP contribution in [-0.2, 0) is 29.1 Å². The van der Waals surface area contributed by atoms with Crippen LogP contribution in [0.1, 0.15) is 23.7 Å². The molecule has 0 unspecified atom stereocenters. The molecule has 0 radical (unpaired) electrons. The van der Waals surface area contributed by atoms with E-state index in [0.717, 1.165) is 27.6 Å². The van der Waals surface area contributed by atoms with Crippen LogP contribution >= 0.6 is 0 Å². The van der Waals surface area contributed by atoms with E-state index in [4.69, 9.17) is 0 Å². The van der Waals surface area contributed by atoms with Crippen LogP contribution in [-0.4, -0.2) is 26.9 Å². The molecule has 2 amide bonds. The van der Waals surface area contributed by atoms with Gasteiger partial charge >= 0.3 is 0 Å². The van der Waals surface area contributed by atoms with Crippen molar-refractivity contribution in [3.8, 4) is 0 Å². The molecule has 126 valence electrons. The standard InChI is InChI=1S/C19H18N4O2/c1-12(24)23-10-16-17(11-23)21-22-19(16)20-18(25)9-13-6-7-14-4-2-3-5-15(14)8-13/h2-8H,9-11H2,1H3,(H2,20,21,22,25). The Kier molecular flexibility index (Phi) is 3.72. The number of hydrogen-bond acceptors (Lipinski definition) is 3. The van der Waals surface area contributed by atoms with E-state index >= 15 is 0 Å². The van der Waals surface area contributed by atoms with Crippen LogP contribution in [0, 0.1) is 0 Å². The summed E-state index contributed by atoms with van der Waals surface area (Å²) in [5, 5.41) is 12.2. The van der Waals surface area contributed by atoms with Gasteiger partial charge in [-0.2, -0.15) is 5.10 Å². The number of carbonyl (C=O) groups excluding carboxylic acids is 2. The van der Waals surface area contributed by atoms with Crippen LogP contribution in [0.3, 0.4) is 0 Å². The topological polar surface area (TPSA) is 78.1 Å². The van der Waals surface area contributed by atoms with Gasteiger partial charge in [0.15, 0.2) is 5.82 Å². The summed E-state index contributed by atoms with van der Waals surface area (Å²) in [5.41, 5.74) is 2.73. The number of benzene rings is 2. The van der Waals surface area contributed by atoms with Crippen molar-refractivity contribution >= 4 is 28.4 Å². The van der Waals surface area contributed by atoms with E-state index in [1.165, 1.54) is 6.92 Å². The Morgan fingerprint density at radius 2 is 1.96 bits per heavy atom. The molecule has 4 rings (SSSR count). The highest BCUT2D eigenvalue weighted by atomic mass is 16.2. The maximum Gasteiger partial charge on any atom is 0.230 e. The Labute approximate surface area is 144 Å². The summed E-state index contributed by atoms with van der Waals surface area (Å²) in [7, 11) is 0. The van der Waals surface area contributed by atoms with Crippen LogP contribution in [0.2, 0.25) is 0 Å². The summed E-state index contributed by atoms with van der Waals surface area (Å²) in [6, 6.07) is 14.1. The molecule has 1 aliphatic rings. The average molecular weight is 334 g/mol. The Balaban J connectivity index is 1.47. The molecule has 0 bridgehead atoms. The number of amides is 2. The molecule has 0 saturated heterocycles. The highest BCUT2D eigenvalue weighted by Crippen LogP contribution is 2.27. The lowest BCUT2D eigenvalue weighted by molar-refractivity contribution is -0.129. The van der Waals surface area contributed by atoms with Crippen molar-refractivity contribution in [3.63, 3.8) is 0 Å². The largest absolute Gasteiger partial charge is 0.333 e. The minimum atomic E-state index is -0.120. The highest BCUT2D eigenvalue weighted by Gasteiger charge is 2.27. The van der Waals surface area contributed by atoms with Crippen LogP contribution in [0.15, 0.2) is 42.5 Å². The van der Waals surface area contributed by atoms with Crippen LogP contribution in [0.25, 0.3) is 10.8 Å². The molecular weight excluding hydrogens is 316 g/mol. The highest BCUT2D eigenvalue weighted by molar-refractivity contribution is 5.93. The molecule has 0 aliphatic carbocycles. The lowest BCUT2D eigenvalue weighted by atomic mass is 10.0. The van der Waals surface area contributed by atoms with Crippen molar-refractivity contribution in [3.05, 3.63) is 59.3 Å². The minimum absolute atomic E-state index is 0.0121. The summed E-state index contributed by atoms with van der Waals surface area (Å²) in [6.07, 6.45) is 0.281. The van der Waals surface area contributed by atoms with Gasteiger partial charge in [0.05, 0.1) is 25.2 Å². The molecular formula is C19H18N4O2. The zero-order chi connectivity index (χ0) is 17.4. The predicted octanol–water partition coefficient (Wildman–Crippen LogP) is 2.61. The number of anilines is 1. The van der Waals surface area contributed by atoms with E-state index in [1.54, 1.807) is 4.90 Å². The van der Waals surface area contributed by atoms with E-state index in [9.17, 15) is 9.59 Å². The third-order valence-corrected chi connectivity index (χ3v) is 4.53. The minimum Gasteiger partial charge on any atom is -0.333 e. The fourth-order valence-electron chi connectivity index (χ4n) is 3.18. The van der Waals surface area contributed by atoms with Gasteiger partial charge in [-0.15, -0.1) is 0 Å². The molecule has 0 saturated carbocycles. The van der Waals surface area contributed by atoms with Crippen LogP contribution in [0.5, 0.6) is 0 Å². The summed E-state index contributed by atoms with van der Waals surface area (Å²) < 4.78 is 0. The lowest BCUT2D eigenvalue weighted by Gasteiger charge is -2.12. The smallest absolute Gasteiger partial charge is 0.230 e. The van der Waals surface area contributed by atoms with Gasteiger partial charge in [0.25, 0.3) is 0 Å². The second-order valence-electron chi connectivity index (χ2n) is 6.31. The number of nitrogens with one attached hydrogen (secondary N) is 2. The molecule has 0 fully saturated rings. The summed E-state index contributed by atoms with van der Waals surface area (Å²) >= 11 is 0. The zero-order valence-corrected chi connectivity index (χ0v) is 13.9. The first-order valence-electron chi connectivity index (χ1n) is 8.19. The molecule has 6 heteroatoms. The third kappa shape index (κ3) is 2.98. The van der Waals surface area contributed by atoms with Crippen molar-refractivity contribution in [2.24, 2.45) is 0 Å². The van der Waals surface area contributed by atoms with Gasteiger partial charge in [0.1, 0.15) is 0 Å². The first-order chi connectivity index (χ1) is 12.1. The summed E-state index contributed by atoms with van der Waals surface area (Å²) in [5.74, 6) is 0.411. The van der Waals surface area contributed by atoms with Gasteiger partial charge in [-0.3, -0.25) is 14.7 Å². The number of carbonyl (C=O) groups is 2.